The molecule has 2 unspecified atom stereocenters. The van der Waals surface area contributed by atoms with Crippen LogP contribution in [0.4, 0.5) is 13.2 Å². The molecule has 1 heterocycles. The highest BCUT2D eigenvalue weighted by Gasteiger charge is 2.39. The molecule has 2 aromatic rings. The van der Waals surface area contributed by atoms with Crippen LogP contribution in [0.1, 0.15) is 37.4 Å². The molecule has 7 heteroatoms. The van der Waals surface area contributed by atoms with Gasteiger partial charge in [-0.05, 0) is 35.7 Å². The number of halogens is 4. The van der Waals surface area contributed by atoms with Crippen LogP contribution in [-0.4, -0.2) is 29.9 Å². The van der Waals surface area contributed by atoms with E-state index in [9.17, 15) is 13.2 Å². The summed E-state index contributed by atoms with van der Waals surface area (Å²) >= 11 is 3.61. The fraction of sp³-hybridized carbons (Fsp3) is 0.429. The summed E-state index contributed by atoms with van der Waals surface area (Å²) in [6.07, 6.45) is -3.71. The Hall–Kier alpha value is -1.57. The second-order valence-corrected chi connectivity index (χ2v) is 8.20. The molecule has 0 amide bonds. The van der Waals surface area contributed by atoms with Crippen molar-refractivity contribution in [2.75, 3.05) is 6.54 Å². The first-order valence-electron chi connectivity index (χ1n) is 9.31. The summed E-state index contributed by atoms with van der Waals surface area (Å²) in [6, 6.07) is 15.3. The van der Waals surface area contributed by atoms with Crippen molar-refractivity contribution >= 4 is 15.9 Å². The molecule has 1 N–H and O–H groups in total. The Morgan fingerprint density at radius 2 is 1.82 bits per heavy atom. The number of rotatable bonds is 7. The molecule has 2 aromatic carbocycles. The number of nitrogens with one attached hydrogen (secondary N) is 1. The standard InChI is InChI=1S/C21H24BrF3N2O/c1-14(2)26-12-17-11-20(27(17)13-16-5-3-4-6-19(16)22)15-7-9-18(10-8-15)28-21(23,24)25/h3-10,14,17,20,26H,11-13H2,1-2H3. The molecular weight excluding hydrogens is 433 g/mol. The maximum Gasteiger partial charge on any atom is 0.573 e. The van der Waals surface area contributed by atoms with E-state index in [2.05, 4.69) is 50.8 Å². The summed E-state index contributed by atoms with van der Waals surface area (Å²) in [6.45, 7) is 5.90. The first-order valence-corrected chi connectivity index (χ1v) is 10.1. The van der Waals surface area contributed by atoms with Crippen molar-refractivity contribution in [2.45, 2.75) is 51.3 Å². The van der Waals surface area contributed by atoms with E-state index in [-0.39, 0.29) is 11.8 Å². The SMILES string of the molecule is CC(C)NCC1CC(c2ccc(OC(F)(F)F)cc2)N1Cc1ccccc1Br. The Morgan fingerprint density at radius 1 is 1.14 bits per heavy atom. The highest BCUT2D eigenvalue weighted by molar-refractivity contribution is 9.10. The predicted octanol–water partition coefficient (Wildman–Crippen LogP) is 5.66. The quantitative estimate of drug-likeness (QED) is 0.581. The molecule has 2 atom stereocenters. The van der Waals surface area contributed by atoms with Crippen molar-refractivity contribution in [1.29, 1.82) is 0 Å². The van der Waals surface area contributed by atoms with E-state index < -0.39 is 6.36 Å². The molecule has 0 aliphatic carbocycles. The fourth-order valence-electron chi connectivity index (χ4n) is 3.50. The van der Waals surface area contributed by atoms with Gasteiger partial charge >= 0.3 is 6.36 Å². The molecule has 3 rings (SSSR count). The topological polar surface area (TPSA) is 24.5 Å². The van der Waals surface area contributed by atoms with Crippen LogP contribution in [0.15, 0.2) is 53.0 Å². The summed E-state index contributed by atoms with van der Waals surface area (Å²) in [5.74, 6) is -0.189. The highest BCUT2D eigenvalue weighted by atomic mass is 79.9. The van der Waals surface area contributed by atoms with Gasteiger partial charge < -0.3 is 10.1 Å². The molecule has 28 heavy (non-hydrogen) atoms. The Balaban J connectivity index is 1.74. The van der Waals surface area contributed by atoms with Crippen LogP contribution < -0.4 is 10.1 Å². The number of alkyl halides is 3. The Bertz CT molecular complexity index is 780. The summed E-state index contributed by atoms with van der Waals surface area (Å²) in [5.41, 5.74) is 2.20. The number of nitrogens with zero attached hydrogens (tertiary/aromatic N) is 1. The molecule has 0 bridgehead atoms. The molecule has 0 spiro atoms. The number of hydrogen-bond donors (Lipinski definition) is 1. The lowest BCUT2D eigenvalue weighted by Gasteiger charge is -2.49. The lowest BCUT2D eigenvalue weighted by molar-refractivity contribution is -0.274. The van der Waals surface area contributed by atoms with E-state index in [1.165, 1.54) is 17.7 Å². The van der Waals surface area contributed by atoms with Crippen molar-refractivity contribution < 1.29 is 17.9 Å². The van der Waals surface area contributed by atoms with Gasteiger partial charge in [0, 0.05) is 35.7 Å². The van der Waals surface area contributed by atoms with E-state index in [0.717, 1.165) is 29.5 Å². The molecule has 152 valence electrons. The first-order chi connectivity index (χ1) is 13.2. The second kappa shape index (κ2) is 8.84. The van der Waals surface area contributed by atoms with Crippen LogP contribution in [0, 0.1) is 0 Å². The number of hydrogen-bond acceptors (Lipinski definition) is 3. The molecule has 1 aliphatic rings. The average Bonchev–Trinajstić information content (AvgIpc) is 2.60. The fourth-order valence-corrected chi connectivity index (χ4v) is 3.91. The van der Waals surface area contributed by atoms with Crippen LogP contribution in [0.25, 0.3) is 0 Å². The smallest absolute Gasteiger partial charge is 0.406 e. The molecule has 0 aromatic heterocycles. The second-order valence-electron chi connectivity index (χ2n) is 7.35. The Kier molecular flexibility index (Phi) is 6.68. The maximum absolute atomic E-state index is 12.4. The minimum Gasteiger partial charge on any atom is -0.406 e. The van der Waals surface area contributed by atoms with Gasteiger partial charge in [0.1, 0.15) is 5.75 Å². The van der Waals surface area contributed by atoms with E-state index >= 15 is 0 Å². The van der Waals surface area contributed by atoms with Gasteiger partial charge in [-0.1, -0.05) is 60.1 Å². The molecule has 1 fully saturated rings. The zero-order valence-corrected chi connectivity index (χ0v) is 17.4. The van der Waals surface area contributed by atoms with Gasteiger partial charge in [0.2, 0.25) is 0 Å². The molecular formula is C21H24BrF3N2O. The average molecular weight is 457 g/mol. The lowest BCUT2D eigenvalue weighted by atomic mass is 9.86. The van der Waals surface area contributed by atoms with Gasteiger partial charge in [0.05, 0.1) is 0 Å². The minimum absolute atomic E-state index is 0.172. The van der Waals surface area contributed by atoms with Gasteiger partial charge in [-0.15, -0.1) is 13.2 Å². The number of ether oxygens (including phenoxy) is 1. The van der Waals surface area contributed by atoms with Crippen molar-refractivity contribution in [3.8, 4) is 5.75 Å². The van der Waals surface area contributed by atoms with Crippen LogP contribution in [-0.2, 0) is 6.54 Å². The van der Waals surface area contributed by atoms with Crippen LogP contribution >= 0.6 is 15.9 Å². The third kappa shape index (κ3) is 5.49. The third-order valence-corrected chi connectivity index (χ3v) is 5.71. The van der Waals surface area contributed by atoms with E-state index in [0.29, 0.717) is 12.1 Å². The van der Waals surface area contributed by atoms with E-state index in [4.69, 9.17) is 0 Å². The van der Waals surface area contributed by atoms with Crippen LogP contribution in [0.5, 0.6) is 5.75 Å². The summed E-state index contributed by atoms with van der Waals surface area (Å²) in [5, 5.41) is 3.49. The molecule has 1 aliphatic heterocycles. The van der Waals surface area contributed by atoms with Crippen LogP contribution in [0.2, 0.25) is 0 Å². The van der Waals surface area contributed by atoms with Gasteiger partial charge in [0.15, 0.2) is 0 Å². The van der Waals surface area contributed by atoms with Crippen molar-refractivity contribution in [2.24, 2.45) is 0 Å². The summed E-state index contributed by atoms with van der Waals surface area (Å²) < 4.78 is 42.2. The van der Waals surface area contributed by atoms with Gasteiger partial charge in [-0.2, -0.15) is 0 Å². The highest BCUT2D eigenvalue weighted by Crippen LogP contribution is 2.41. The van der Waals surface area contributed by atoms with Crippen molar-refractivity contribution in [3.63, 3.8) is 0 Å². The van der Waals surface area contributed by atoms with Gasteiger partial charge in [-0.25, -0.2) is 0 Å². The van der Waals surface area contributed by atoms with Crippen molar-refractivity contribution in [3.05, 3.63) is 64.1 Å². The van der Waals surface area contributed by atoms with Gasteiger partial charge in [-0.3, -0.25) is 4.90 Å². The van der Waals surface area contributed by atoms with E-state index in [1.54, 1.807) is 12.1 Å². The lowest BCUT2D eigenvalue weighted by Crippen LogP contribution is -2.54. The zero-order chi connectivity index (χ0) is 20.3. The van der Waals surface area contributed by atoms with Crippen molar-refractivity contribution in [1.82, 2.24) is 10.2 Å². The first kappa shape index (κ1) is 21.1. The molecule has 1 saturated heterocycles. The Labute approximate surface area is 172 Å². The molecule has 0 saturated carbocycles. The molecule has 0 radical (unpaired) electrons. The maximum atomic E-state index is 12.4. The van der Waals surface area contributed by atoms with Crippen LogP contribution in [0.3, 0.4) is 0 Å². The monoisotopic (exact) mass is 456 g/mol. The normalized spacial score (nSPS) is 20.2. The Morgan fingerprint density at radius 3 is 2.43 bits per heavy atom. The summed E-state index contributed by atoms with van der Waals surface area (Å²) in [7, 11) is 0. The van der Waals surface area contributed by atoms with E-state index in [1.807, 2.05) is 18.2 Å². The predicted molar refractivity (Wildman–Crippen MR) is 107 cm³/mol. The summed E-state index contributed by atoms with van der Waals surface area (Å²) in [4.78, 5) is 2.40. The zero-order valence-electron chi connectivity index (χ0n) is 15.8. The number of benzene rings is 2. The largest absolute Gasteiger partial charge is 0.573 e. The molecule has 3 nitrogen and oxygen atoms in total. The minimum atomic E-state index is -4.67. The van der Waals surface area contributed by atoms with Gasteiger partial charge in [0.25, 0.3) is 0 Å². The number of likely N-dealkylation sites (tertiary alicyclic amines) is 1. The third-order valence-electron chi connectivity index (χ3n) is 4.94.